The van der Waals surface area contributed by atoms with E-state index in [1.165, 1.54) is 15.5 Å². The molecule has 0 spiro atoms. The number of rotatable bonds is 3. The summed E-state index contributed by atoms with van der Waals surface area (Å²) in [4.78, 5) is 16.2. The van der Waals surface area contributed by atoms with E-state index in [0.29, 0.717) is 12.1 Å². The van der Waals surface area contributed by atoms with Gasteiger partial charge in [0.25, 0.3) is 0 Å². The minimum atomic E-state index is -4.41. The molecule has 114 valence electrons. The molecule has 2 rings (SSSR count). The van der Waals surface area contributed by atoms with Gasteiger partial charge in [-0.2, -0.15) is 13.2 Å². The normalized spacial score (nSPS) is 11.9. The summed E-state index contributed by atoms with van der Waals surface area (Å²) in [5.74, 6) is -0.158. The second-order valence-electron chi connectivity index (χ2n) is 4.65. The zero-order valence-corrected chi connectivity index (χ0v) is 12.3. The zero-order valence-electron chi connectivity index (χ0n) is 11.5. The monoisotopic (exact) mass is 317 g/mol. The van der Waals surface area contributed by atoms with Gasteiger partial charge in [0, 0.05) is 13.6 Å². The van der Waals surface area contributed by atoms with E-state index in [9.17, 15) is 18.0 Å². The summed E-state index contributed by atoms with van der Waals surface area (Å²) in [6, 6.07) is 3.30. The van der Waals surface area contributed by atoms with Crippen LogP contribution in [0.3, 0.4) is 0 Å². The number of aromatic nitrogens is 2. The van der Waals surface area contributed by atoms with Crippen molar-refractivity contribution in [3.8, 4) is 0 Å². The molecule has 1 heterocycles. The van der Waals surface area contributed by atoms with E-state index in [1.54, 1.807) is 7.05 Å². The van der Waals surface area contributed by atoms with Gasteiger partial charge >= 0.3 is 6.18 Å². The molecule has 0 aliphatic rings. The fraction of sp³-hybridized carbons (Fsp3) is 0.385. The van der Waals surface area contributed by atoms with Crippen LogP contribution in [0.4, 0.5) is 13.2 Å². The highest BCUT2D eigenvalue weighted by atomic mass is 32.1. The van der Waals surface area contributed by atoms with Crippen LogP contribution in [-0.4, -0.2) is 34.0 Å². The summed E-state index contributed by atoms with van der Waals surface area (Å²) >= 11 is 5.09. The molecule has 0 saturated carbocycles. The van der Waals surface area contributed by atoms with Gasteiger partial charge in [-0.3, -0.25) is 4.79 Å². The Morgan fingerprint density at radius 3 is 2.67 bits per heavy atom. The molecule has 0 atom stereocenters. The number of amides is 1. The van der Waals surface area contributed by atoms with Crippen LogP contribution < -0.4 is 0 Å². The van der Waals surface area contributed by atoms with Gasteiger partial charge in [-0.15, -0.1) is 0 Å². The van der Waals surface area contributed by atoms with E-state index in [-0.39, 0.29) is 22.7 Å². The Hall–Kier alpha value is -1.83. The summed E-state index contributed by atoms with van der Waals surface area (Å²) in [6.45, 7) is 2.38. The van der Waals surface area contributed by atoms with Crippen LogP contribution in [0.15, 0.2) is 18.2 Å². The van der Waals surface area contributed by atoms with Crippen molar-refractivity contribution in [3.05, 3.63) is 28.5 Å². The Kier molecular flexibility index (Phi) is 4.08. The van der Waals surface area contributed by atoms with Crippen molar-refractivity contribution < 1.29 is 18.0 Å². The number of likely N-dealkylation sites (N-methyl/N-ethyl adjacent to an activating group) is 1. The molecule has 1 N–H and O–H groups in total. The molecule has 0 aliphatic carbocycles. The van der Waals surface area contributed by atoms with Gasteiger partial charge in [0.1, 0.15) is 6.54 Å². The van der Waals surface area contributed by atoms with Crippen LogP contribution in [0.1, 0.15) is 12.5 Å². The van der Waals surface area contributed by atoms with Gasteiger partial charge in [0.15, 0.2) is 4.77 Å². The molecular weight excluding hydrogens is 303 g/mol. The molecule has 8 heteroatoms. The summed E-state index contributed by atoms with van der Waals surface area (Å²) in [5, 5.41) is 0. The SMILES string of the molecule is CCN(C)C(=O)Cn1c(=S)[nH]c2cc(C(F)(F)F)ccc21. The number of hydrogen-bond acceptors (Lipinski definition) is 2. The number of nitrogens with zero attached hydrogens (tertiary/aromatic N) is 2. The number of alkyl halides is 3. The molecule has 0 fully saturated rings. The van der Waals surface area contributed by atoms with Gasteiger partial charge in [-0.1, -0.05) is 0 Å². The molecule has 21 heavy (non-hydrogen) atoms. The third-order valence-corrected chi connectivity index (χ3v) is 3.62. The minimum Gasteiger partial charge on any atom is -0.344 e. The average molecular weight is 317 g/mol. The lowest BCUT2D eigenvalue weighted by molar-refractivity contribution is -0.137. The van der Waals surface area contributed by atoms with E-state index in [4.69, 9.17) is 12.2 Å². The Bertz CT molecular complexity index is 732. The summed E-state index contributed by atoms with van der Waals surface area (Å²) in [5.41, 5.74) is -0.0111. The highest BCUT2D eigenvalue weighted by molar-refractivity contribution is 7.71. The van der Waals surface area contributed by atoms with Crippen molar-refractivity contribution in [1.29, 1.82) is 0 Å². The molecular formula is C13H14F3N3OS. The van der Waals surface area contributed by atoms with Crippen molar-refractivity contribution in [2.24, 2.45) is 0 Å². The van der Waals surface area contributed by atoms with Crippen molar-refractivity contribution in [3.63, 3.8) is 0 Å². The number of halogens is 3. The Balaban J connectivity index is 2.45. The zero-order chi connectivity index (χ0) is 15.8. The van der Waals surface area contributed by atoms with Crippen molar-refractivity contribution in [1.82, 2.24) is 14.5 Å². The fourth-order valence-corrected chi connectivity index (χ4v) is 2.20. The fourth-order valence-electron chi connectivity index (χ4n) is 1.93. The lowest BCUT2D eigenvalue weighted by Crippen LogP contribution is -2.29. The van der Waals surface area contributed by atoms with Crippen LogP contribution in [0.2, 0.25) is 0 Å². The molecule has 1 aromatic carbocycles. The van der Waals surface area contributed by atoms with Crippen LogP contribution in [0.25, 0.3) is 11.0 Å². The minimum absolute atomic E-state index is 0.00542. The quantitative estimate of drug-likeness (QED) is 0.883. The largest absolute Gasteiger partial charge is 0.416 e. The predicted octanol–water partition coefficient (Wildman–Crippen LogP) is 3.20. The first-order valence-electron chi connectivity index (χ1n) is 6.27. The smallest absolute Gasteiger partial charge is 0.344 e. The van der Waals surface area contributed by atoms with Crippen LogP contribution >= 0.6 is 12.2 Å². The van der Waals surface area contributed by atoms with E-state index in [2.05, 4.69) is 4.98 Å². The first-order valence-corrected chi connectivity index (χ1v) is 6.68. The van der Waals surface area contributed by atoms with E-state index < -0.39 is 11.7 Å². The highest BCUT2D eigenvalue weighted by Gasteiger charge is 2.30. The summed E-state index contributed by atoms with van der Waals surface area (Å²) in [6.07, 6.45) is -4.41. The lowest BCUT2D eigenvalue weighted by atomic mass is 10.2. The van der Waals surface area contributed by atoms with Gasteiger partial charge in [-0.05, 0) is 37.3 Å². The number of carbonyl (C=O) groups excluding carboxylic acids is 1. The number of benzene rings is 1. The van der Waals surface area contributed by atoms with Gasteiger partial charge in [0.2, 0.25) is 5.91 Å². The second kappa shape index (κ2) is 5.51. The molecule has 0 bridgehead atoms. The maximum Gasteiger partial charge on any atom is 0.416 e. The summed E-state index contributed by atoms with van der Waals surface area (Å²) < 4.78 is 39.8. The molecule has 0 unspecified atom stereocenters. The predicted molar refractivity (Wildman–Crippen MR) is 75.4 cm³/mol. The number of nitrogens with one attached hydrogen (secondary N) is 1. The lowest BCUT2D eigenvalue weighted by Gasteiger charge is -2.15. The maximum absolute atomic E-state index is 12.7. The van der Waals surface area contributed by atoms with Gasteiger partial charge < -0.3 is 14.5 Å². The van der Waals surface area contributed by atoms with E-state index >= 15 is 0 Å². The Morgan fingerprint density at radius 2 is 2.10 bits per heavy atom. The topological polar surface area (TPSA) is 41.0 Å². The standard InChI is InChI=1S/C13H14F3N3OS/c1-3-18(2)11(20)7-19-10-5-4-8(13(14,15)16)6-9(10)17-12(19)21/h4-6H,3,7H2,1-2H3,(H,17,21). The number of imidazole rings is 1. The molecule has 4 nitrogen and oxygen atoms in total. The van der Waals surface area contributed by atoms with Crippen molar-refractivity contribution in [2.45, 2.75) is 19.6 Å². The number of aromatic amines is 1. The summed E-state index contributed by atoms with van der Waals surface area (Å²) in [7, 11) is 1.66. The molecule has 0 radical (unpaired) electrons. The van der Waals surface area contributed by atoms with Crippen LogP contribution in [-0.2, 0) is 17.5 Å². The molecule has 0 saturated heterocycles. The van der Waals surface area contributed by atoms with Gasteiger partial charge in [-0.25, -0.2) is 0 Å². The van der Waals surface area contributed by atoms with Crippen molar-refractivity contribution >= 4 is 29.2 Å². The Morgan fingerprint density at radius 1 is 1.43 bits per heavy atom. The number of hydrogen-bond donors (Lipinski definition) is 1. The van der Waals surface area contributed by atoms with Crippen LogP contribution in [0, 0.1) is 4.77 Å². The highest BCUT2D eigenvalue weighted by Crippen LogP contribution is 2.31. The second-order valence-corrected chi connectivity index (χ2v) is 5.04. The third-order valence-electron chi connectivity index (χ3n) is 3.29. The van der Waals surface area contributed by atoms with Gasteiger partial charge in [0.05, 0.1) is 16.6 Å². The third kappa shape index (κ3) is 3.10. The van der Waals surface area contributed by atoms with Crippen LogP contribution in [0.5, 0.6) is 0 Å². The molecule has 1 aromatic heterocycles. The maximum atomic E-state index is 12.7. The molecule has 1 amide bonds. The van der Waals surface area contributed by atoms with E-state index in [0.717, 1.165) is 12.1 Å². The first-order chi connectivity index (χ1) is 9.74. The average Bonchev–Trinajstić information content (AvgIpc) is 2.72. The molecule has 0 aliphatic heterocycles. The molecule has 2 aromatic rings. The first kappa shape index (κ1) is 15.6. The number of carbonyl (C=O) groups is 1. The number of fused-ring (bicyclic) bond motifs is 1. The Labute approximate surface area is 124 Å². The number of H-pyrrole nitrogens is 1. The van der Waals surface area contributed by atoms with Crippen molar-refractivity contribution in [2.75, 3.05) is 13.6 Å². The van der Waals surface area contributed by atoms with E-state index in [1.807, 2.05) is 6.92 Å².